The molecule has 2 saturated heterocycles. The van der Waals surface area contributed by atoms with Gasteiger partial charge >= 0.3 is 0 Å². The molecular weight excluding hydrogens is 362 g/mol. The third-order valence-electron chi connectivity index (χ3n) is 6.25. The molecule has 3 heterocycles. The quantitative estimate of drug-likeness (QED) is 0.838. The Balaban J connectivity index is 1.39. The minimum absolute atomic E-state index is 0.00275. The molecule has 2 aromatic rings. The second kappa shape index (κ2) is 8.80. The maximum Gasteiger partial charge on any atom is 0.272 e. The van der Waals surface area contributed by atoms with Crippen LogP contribution in [0.25, 0.3) is 0 Å². The third-order valence-corrected chi connectivity index (χ3v) is 6.25. The Morgan fingerprint density at radius 2 is 1.55 bits per heavy atom. The van der Waals surface area contributed by atoms with Gasteiger partial charge in [-0.3, -0.25) is 4.79 Å². The second-order valence-electron chi connectivity index (χ2n) is 8.60. The van der Waals surface area contributed by atoms with E-state index >= 15 is 0 Å². The molecule has 29 heavy (non-hydrogen) atoms. The highest BCUT2D eigenvalue weighted by atomic mass is 16.2. The molecule has 0 bridgehead atoms. The fraction of sp³-hybridized carbons (Fsp3) is 0.522. The number of carbonyl (C=O) groups is 1. The van der Waals surface area contributed by atoms with E-state index in [9.17, 15) is 4.79 Å². The lowest BCUT2D eigenvalue weighted by Crippen LogP contribution is -2.38. The molecule has 0 aliphatic carbocycles. The summed E-state index contributed by atoms with van der Waals surface area (Å²) in [5.74, 6) is 2.17. The second-order valence-corrected chi connectivity index (χ2v) is 8.60. The van der Waals surface area contributed by atoms with Gasteiger partial charge < -0.3 is 15.1 Å². The fourth-order valence-electron chi connectivity index (χ4n) is 4.09. The van der Waals surface area contributed by atoms with E-state index in [0.717, 1.165) is 50.6 Å². The highest BCUT2D eigenvalue weighted by Gasteiger charge is 2.22. The van der Waals surface area contributed by atoms with Crippen molar-refractivity contribution in [1.29, 1.82) is 0 Å². The summed E-state index contributed by atoms with van der Waals surface area (Å²) in [4.78, 5) is 25.6. The van der Waals surface area contributed by atoms with E-state index < -0.39 is 0 Å². The lowest BCUT2D eigenvalue weighted by atomic mass is 9.99. The van der Waals surface area contributed by atoms with Crippen molar-refractivity contribution in [3.8, 4) is 0 Å². The number of carbonyl (C=O) groups excluding carboxylic acids is 1. The molecule has 1 N–H and O–H groups in total. The van der Waals surface area contributed by atoms with E-state index in [1.165, 1.54) is 24.9 Å². The van der Waals surface area contributed by atoms with E-state index in [1.54, 1.807) is 6.07 Å². The first-order valence-corrected chi connectivity index (χ1v) is 10.8. The average Bonchev–Trinajstić information content (AvgIpc) is 2.75. The van der Waals surface area contributed by atoms with Crippen molar-refractivity contribution in [1.82, 2.24) is 14.9 Å². The number of anilines is 3. The summed E-state index contributed by atoms with van der Waals surface area (Å²) >= 11 is 0. The van der Waals surface area contributed by atoms with Crippen LogP contribution in [-0.2, 0) is 0 Å². The molecule has 0 radical (unpaired) electrons. The summed E-state index contributed by atoms with van der Waals surface area (Å²) < 4.78 is 0. The first-order chi connectivity index (χ1) is 14.1. The Hall–Kier alpha value is -2.63. The maximum absolute atomic E-state index is 12.8. The van der Waals surface area contributed by atoms with E-state index in [2.05, 4.69) is 58.3 Å². The summed E-state index contributed by atoms with van der Waals surface area (Å²) in [6.45, 7) is 8.44. The predicted octanol–water partition coefficient (Wildman–Crippen LogP) is 4.33. The van der Waals surface area contributed by atoms with Gasteiger partial charge in [0, 0.05) is 43.6 Å². The number of rotatable bonds is 4. The predicted molar refractivity (Wildman–Crippen MR) is 117 cm³/mol. The van der Waals surface area contributed by atoms with Gasteiger partial charge in [0.2, 0.25) is 0 Å². The number of piperidine rings is 2. The Morgan fingerprint density at radius 3 is 2.21 bits per heavy atom. The number of aromatic nitrogens is 2. The van der Waals surface area contributed by atoms with Crippen LogP contribution in [0.4, 0.5) is 17.2 Å². The monoisotopic (exact) mass is 393 g/mol. The lowest BCUT2D eigenvalue weighted by Gasteiger charge is -2.32. The summed E-state index contributed by atoms with van der Waals surface area (Å²) in [5.41, 5.74) is 2.68. The number of likely N-dealkylation sites (tertiary alicyclic amines) is 1. The van der Waals surface area contributed by atoms with Crippen LogP contribution in [0.3, 0.4) is 0 Å². The molecule has 4 rings (SSSR count). The largest absolute Gasteiger partial charge is 0.372 e. The van der Waals surface area contributed by atoms with Gasteiger partial charge in [-0.1, -0.05) is 13.8 Å². The van der Waals surface area contributed by atoms with Crippen molar-refractivity contribution >= 4 is 23.1 Å². The maximum atomic E-state index is 12.8. The zero-order valence-electron chi connectivity index (χ0n) is 17.5. The lowest BCUT2D eigenvalue weighted by molar-refractivity contribution is 0.0691. The summed E-state index contributed by atoms with van der Waals surface area (Å²) in [5, 5.41) is 3.31. The average molecular weight is 394 g/mol. The molecule has 1 amide bonds. The number of hydrogen-bond donors (Lipinski definition) is 1. The van der Waals surface area contributed by atoms with Crippen LogP contribution in [0.2, 0.25) is 0 Å². The van der Waals surface area contributed by atoms with Gasteiger partial charge in [-0.2, -0.15) is 0 Å². The molecular formula is C23H31N5O. The zero-order valence-corrected chi connectivity index (χ0v) is 17.5. The molecule has 2 fully saturated rings. The number of hydrogen-bond acceptors (Lipinski definition) is 5. The molecule has 6 heteroatoms. The molecule has 1 aromatic carbocycles. The van der Waals surface area contributed by atoms with E-state index in [-0.39, 0.29) is 5.91 Å². The molecule has 0 atom stereocenters. The molecule has 2 aliphatic heterocycles. The van der Waals surface area contributed by atoms with E-state index in [0.29, 0.717) is 17.4 Å². The minimum atomic E-state index is -0.00275. The third kappa shape index (κ3) is 4.86. The molecule has 6 nitrogen and oxygen atoms in total. The van der Waals surface area contributed by atoms with Gasteiger partial charge in [-0.25, -0.2) is 9.97 Å². The molecule has 154 valence electrons. The Kier molecular flexibility index (Phi) is 5.97. The van der Waals surface area contributed by atoms with Crippen LogP contribution in [0.1, 0.15) is 50.0 Å². The van der Waals surface area contributed by atoms with Crippen LogP contribution in [0.5, 0.6) is 0 Å². The molecule has 0 unspecified atom stereocenters. The Bertz CT molecular complexity index is 821. The van der Waals surface area contributed by atoms with Gasteiger partial charge in [0.25, 0.3) is 5.91 Å². The van der Waals surface area contributed by atoms with Crippen molar-refractivity contribution in [2.24, 2.45) is 11.8 Å². The first-order valence-electron chi connectivity index (χ1n) is 10.8. The van der Waals surface area contributed by atoms with Gasteiger partial charge in [-0.05, 0) is 61.8 Å². The smallest absolute Gasteiger partial charge is 0.272 e. The van der Waals surface area contributed by atoms with Gasteiger partial charge in [-0.15, -0.1) is 0 Å². The fourth-order valence-corrected chi connectivity index (χ4v) is 4.09. The van der Waals surface area contributed by atoms with Crippen LogP contribution in [0, 0.1) is 11.8 Å². The molecule has 1 aromatic heterocycles. The first kappa shape index (κ1) is 19.7. The highest BCUT2D eigenvalue weighted by molar-refractivity contribution is 5.93. The minimum Gasteiger partial charge on any atom is -0.372 e. The number of nitrogens with one attached hydrogen (secondary N) is 1. The number of amides is 1. The molecule has 0 spiro atoms. The standard InChI is InChI=1S/C23H31N5O/c1-17-7-11-27(12-8-17)20-5-3-19(4-6-20)26-22-15-21(24-16-25-22)23(29)28-13-9-18(2)10-14-28/h3-6,15-18H,7-14H2,1-2H3,(H,24,25,26). The van der Waals surface area contributed by atoms with Crippen molar-refractivity contribution in [3.05, 3.63) is 42.4 Å². The normalized spacial score (nSPS) is 18.7. The molecule has 2 aliphatic rings. The van der Waals surface area contributed by atoms with Gasteiger partial charge in [0.1, 0.15) is 17.8 Å². The number of benzene rings is 1. The van der Waals surface area contributed by atoms with Crippen LogP contribution in [0.15, 0.2) is 36.7 Å². The van der Waals surface area contributed by atoms with Crippen molar-refractivity contribution in [2.75, 3.05) is 36.4 Å². The van der Waals surface area contributed by atoms with Gasteiger partial charge in [0.15, 0.2) is 0 Å². The summed E-state index contributed by atoms with van der Waals surface area (Å²) in [6.07, 6.45) is 6.10. The summed E-state index contributed by atoms with van der Waals surface area (Å²) in [6, 6.07) is 10.2. The zero-order chi connectivity index (χ0) is 20.2. The van der Waals surface area contributed by atoms with Gasteiger partial charge in [0.05, 0.1) is 0 Å². The Morgan fingerprint density at radius 1 is 0.931 bits per heavy atom. The van der Waals surface area contributed by atoms with Crippen molar-refractivity contribution < 1.29 is 4.79 Å². The van der Waals surface area contributed by atoms with E-state index in [4.69, 9.17) is 0 Å². The topological polar surface area (TPSA) is 61.4 Å². The van der Waals surface area contributed by atoms with E-state index in [1.807, 2.05) is 4.90 Å². The van der Waals surface area contributed by atoms with Crippen LogP contribution < -0.4 is 10.2 Å². The number of nitrogens with zero attached hydrogens (tertiary/aromatic N) is 4. The highest BCUT2D eigenvalue weighted by Crippen LogP contribution is 2.25. The van der Waals surface area contributed by atoms with Crippen molar-refractivity contribution in [3.63, 3.8) is 0 Å². The van der Waals surface area contributed by atoms with Crippen LogP contribution in [-0.4, -0.2) is 47.0 Å². The SMILES string of the molecule is CC1CCN(C(=O)c2cc(Nc3ccc(N4CCC(C)CC4)cc3)ncn2)CC1. The van der Waals surface area contributed by atoms with Crippen LogP contribution >= 0.6 is 0 Å². The molecule has 0 saturated carbocycles. The summed E-state index contributed by atoms with van der Waals surface area (Å²) in [7, 11) is 0. The van der Waals surface area contributed by atoms with Crippen molar-refractivity contribution in [2.45, 2.75) is 39.5 Å². The Labute approximate surface area is 173 Å².